The highest BCUT2D eigenvalue weighted by Gasteiger charge is 2.30. The fourth-order valence-electron chi connectivity index (χ4n) is 1.98. The Labute approximate surface area is 127 Å². The second kappa shape index (κ2) is 6.15. The molecule has 0 fully saturated rings. The molecule has 0 aliphatic carbocycles. The molecule has 1 atom stereocenters. The van der Waals surface area contributed by atoms with Crippen LogP contribution in [0.25, 0.3) is 0 Å². The minimum Gasteiger partial charge on any atom is -0.388 e. The van der Waals surface area contributed by atoms with Crippen LogP contribution >= 0.6 is 15.9 Å². The second-order valence-electron chi connectivity index (χ2n) is 4.62. The van der Waals surface area contributed by atoms with Crippen molar-refractivity contribution in [1.82, 2.24) is 0 Å². The van der Waals surface area contributed by atoms with Gasteiger partial charge in [0.25, 0.3) is 0 Å². The van der Waals surface area contributed by atoms with Crippen LogP contribution in [-0.4, -0.2) is 5.11 Å². The van der Waals surface area contributed by atoms with Gasteiger partial charge in [0.15, 0.2) is 0 Å². The number of halogens is 5. The van der Waals surface area contributed by atoms with E-state index in [2.05, 4.69) is 15.9 Å². The van der Waals surface area contributed by atoms with Gasteiger partial charge in [0.1, 0.15) is 5.82 Å². The zero-order chi connectivity index (χ0) is 15.6. The van der Waals surface area contributed by atoms with Crippen molar-refractivity contribution in [1.29, 1.82) is 0 Å². The topological polar surface area (TPSA) is 20.2 Å². The predicted octanol–water partition coefficient (Wildman–Crippen LogP) is 4.88. The zero-order valence-corrected chi connectivity index (χ0v) is 12.2. The van der Waals surface area contributed by atoms with Crippen molar-refractivity contribution >= 4 is 15.9 Å². The fraction of sp³-hybridized carbons (Fsp3) is 0.200. The fourth-order valence-corrected chi connectivity index (χ4v) is 2.47. The van der Waals surface area contributed by atoms with E-state index in [1.54, 1.807) is 0 Å². The molecule has 0 aliphatic heterocycles. The smallest absolute Gasteiger partial charge is 0.388 e. The highest BCUT2D eigenvalue weighted by atomic mass is 79.9. The van der Waals surface area contributed by atoms with Crippen LogP contribution in [0.2, 0.25) is 0 Å². The van der Waals surface area contributed by atoms with Gasteiger partial charge in [-0.1, -0.05) is 34.1 Å². The molecule has 0 amide bonds. The molecule has 2 aromatic rings. The van der Waals surface area contributed by atoms with E-state index in [0.717, 1.165) is 18.2 Å². The molecule has 112 valence electrons. The minimum absolute atomic E-state index is 0.0280. The summed E-state index contributed by atoms with van der Waals surface area (Å²) in [7, 11) is 0. The standard InChI is InChI=1S/C15H11BrF4O/c16-12-6-10(7-13(17)8-12)14(21)5-9-2-1-3-11(4-9)15(18,19)20/h1-4,6-8,14,21H,5H2. The third kappa shape index (κ3) is 4.28. The van der Waals surface area contributed by atoms with Crippen molar-refractivity contribution < 1.29 is 22.7 Å². The SMILES string of the molecule is OC(Cc1cccc(C(F)(F)F)c1)c1cc(F)cc(Br)c1. The molecule has 2 rings (SSSR count). The lowest BCUT2D eigenvalue weighted by molar-refractivity contribution is -0.137. The predicted molar refractivity (Wildman–Crippen MR) is 74.2 cm³/mol. The van der Waals surface area contributed by atoms with Gasteiger partial charge in [0, 0.05) is 10.9 Å². The number of benzene rings is 2. The highest BCUT2D eigenvalue weighted by molar-refractivity contribution is 9.10. The van der Waals surface area contributed by atoms with E-state index in [-0.39, 0.29) is 6.42 Å². The first kappa shape index (κ1) is 16.0. The van der Waals surface area contributed by atoms with Gasteiger partial charge in [-0.2, -0.15) is 13.2 Å². The van der Waals surface area contributed by atoms with Crippen molar-refractivity contribution in [3.8, 4) is 0 Å². The Kier molecular flexibility index (Phi) is 4.68. The van der Waals surface area contributed by atoms with E-state index in [9.17, 15) is 22.7 Å². The summed E-state index contributed by atoms with van der Waals surface area (Å²) < 4.78 is 51.6. The summed E-state index contributed by atoms with van der Waals surface area (Å²) in [5.74, 6) is -0.525. The average molecular weight is 363 g/mol. The Morgan fingerprint density at radius 2 is 1.81 bits per heavy atom. The van der Waals surface area contributed by atoms with Gasteiger partial charge in [0.05, 0.1) is 11.7 Å². The molecule has 1 nitrogen and oxygen atoms in total. The second-order valence-corrected chi connectivity index (χ2v) is 5.54. The Hall–Kier alpha value is -1.40. The van der Waals surface area contributed by atoms with Crippen LogP contribution < -0.4 is 0 Å². The molecular formula is C15H11BrF4O. The molecule has 6 heteroatoms. The molecule has 0 radical (unpaired) electrons. The van der Waals surface area contributed by atoms with Gasteiger partial charge >= 0.3 is 6.18 Å². The third-order valence-corrected chi connectivity index (χ3v) is 3.41. The lowest BCUT2D eigenvalue weighted by Crippen LogP contribution is -2.07. The van der Waals surface area contributed by atoms with Crippen molar-refractivity contribution in [3.63, 3.8) is 0 Å². The monoisotopic (exact) mass is 362 g/mol. The largest absolute Gasteiger partial charge is 0.416 e. The summed E-state index contributed by atoms with van der Waals surface area (Å²) in [6, 6.07) is 8.65. The summed E-state index contributed by atoms with van der Waals surface area (Å²) in [5, 5.41) is 10.0. The summed E-state index contributed by atoms with van der Waals surface area (Å²) in [5.41, 5.74) is -0.135. The molecule has 0 saturated heterocycles. The summed E-state index contributed by atoms with van der Waals surface area (Å²) >= 11 is 3.10. The lowest BCUT2D eigenvalue weighted by atomic mass is 10.00. The van der Waals surface area contributed by atoms with Crippen LogP contribution in [0.3, 0.4) is 0 Å². The highest BCUT2D eigenvalue weighted by Crippen LogP contribution is 2.31. The van der Waals surface area contributed by atoms with Gasteiger partial charge < -0.3 is 5.11 Å². The van der Waals surface area contributed by atoms with E-state index in [4.69, 9.17) is 0 Å². The van der Waals surface area contributed by atoms with Crippen LogP contribution in [-0.2, 0) is 12.6 Å². The zero-order valence-electron chi connectivity index (χ0n) is 10.7. The molecule has 0 heterocycles. The Morgan fingerprint density at radius 3 is 2.43 bits per heavy atom. The van der Waals surface area contributed by atoms with E-state index < -0.39 is 23.7 Å². The third-order valence-electron chi connectivity index (χ3n) is 2.95. The van der Waals surface area contributed by atoms with Crippen molar-refractivity contribution in [3.05, 3.63) is 69.4 Å². The maximum Gasteiger partial charge on any atom is 0.416 e. The van der Waals surface area contributed by atoms with Gasteiger partial charge in [-0.3, -0.25) is 0 Å². The van der Waals surface area contributed by atoms with Crippen LogP contribution in [0.1, 0.15) is 22.8 Å². The first-order valence-electron chi connectivity index (χ1n) is 6.06. The molecule has 21 heavy (non-hydrogen) atoms. The molecule has 0 spiro atoms. The molecule has 0 saturated carbocycles. The quantitative estimate of drug-likeness (QED) is 0.771. The maximum absolute atomic E-state index is 13.3. The van der Waals surface area contributed by atoms with Gasteiger partial charge in [-0.15, -0.1) is 0 Å². The maximum atomic E-state index is 13.3. The molecule has 0 aromatic heterocycles. The van der Waals surface area contributed by atoms with Crippen molar-refractivity contribution in [2.75, 3.05) is 0 Å². The summed E-state index contributed by atoms with van der Waals surface area (Å²) in [4.78, 5) is 0. The number of aliphatic hydroxyl groups is 1. The van der Waals surface area contributed by atoms with E-state index in [1.165, 1.54) is 24.3 Å². The first-order valence-corrected chi connectivity index (χ1v) is 6.85. The number of hydrogen-bond acceptors (Lipinski definition) is 1. The number of rotatable bonds is 3. The summed E-state index contributed by atoms with van der Waals surface area (Å²) in [6.45, 7) is 0. The van der Waals surface area contributed by atoms with Crippen LogP contribution in [0.5, 0.6) is 0 Å². The molecule has 1 N–H and O–H groups in total. The van der Waals surface area contributed by atoms with E-state index in [0.29, 0.717) is 15.6 Å². The number of aliphatic hydroxyl groups excluding tert-OH is 1. The first-order chi connectivity index (χ1) is 9.75. The van der Waals surface area contributed by atoms with Crippen molar-refractivity contribution in [2.24, 2.45) is 0 Å². The molecule has 2 aromatic carbocycles. The Balaban J connectivity index is 2.21. The van der Waals surface area contributed by atoms with E-state index in [1.807, 2.05) is 0 Å². The average Bonchev–Trinajstić information content (AvgIpc) is 2.37. The van der Waals surface area contributed by atoms with Gasteiger partial charge in [0.2, 0.25) is 0 Å². The van der Waals surface area contributed by atoms with Crippen LogP contribution in [0.15, 0.2) is 46.9 Å². The Bertz CT molecular complexity index is 620. The summed E-state index contributed by atoms with van der Waals surface area (Å²) in [6.07, 6.45) is -5.54. The minimum atomic E-state index is -4.43. The van der Waals surface area contributed by atoms with Gasteiger partial charge in [-0.25, -0.2) is 4.39 Å². The number of alkyl halides is 3. The number of hydrogen-bond donors (Lipinski definition) is 1. The van der Waals surface area contributed by atoms with Crippen molar-refractivity contribution in [2.45, 2.75) is 18.7 Å². The Morgan fingerprint density at radius 1 is 1.10 bits per heavy atom. The van der Waals surface area contributed by atoms with Crippen LogP contribution in [0, 0.1) is 5.82 Å². The van der Waals surface area contributed by atoms with Crippen LogP contribution in [0.4, 0.5) is 17.6 Å². The molecule has 1 unspecified atom stereocenters. The molecule has 0 bridgehead atoms. The molecule has 0 aliphatic rings. The van der Waals surface area contributed by atoms with Gasteiger partial charge in [-0.05, 0) is 35.4 Å². The lowest BCUT2D eigenvalue weighted by Gasteiger charge is -2.13. The van der Waals surface area contributed by atoms with E-state index >= 15 is 0 Å². The molecular weight excluding hydrogens is 352 g/mol. The normalized spacial score (nSPS) is 13.2.